The third-order valence-corrected chi connectivity index (χ3v) is 5.07. The van der Waals surface area contributed by atoms with Crippen molar-refractivity contribution >= 4 is 17.7 Å². The molecule has 1 aromatic carbocycles. The summed E-state index contributed by atoms with van der Waals surface area (Å²) in [6.45, 7) is 4.91. The molecule has 0 saturated heterocycles. The Morgan fingerprint density at radius 2 is 2.20 bits per heavy atom. The van der Waals surface area contributed by atoms with E-state index in [4.69, 9.17) is 15.9 Å². The highest BCUT2D eigenvalue weighted by Crippen LogP contribution is 2.35. The van der Waals surface area contributed by atoms with Gasteiger partial charge in [-0.2, -0.15) is 0 Å². The lowest BCUT2D eigenvalue weighted by Crippen LogP contribution is -2.18. The number of nitrogens with one attached hydrogen (secondary N) is 2. The number of benzene rings is 1. The van der Waals surface area contributed by atoms with Gasteiger partial charge in [0, 0.05) is 59.3 Å². The summed E-state index contributed by atoms with van der Waals surface area (Å²) in [7, 11) is 0. The van der Waals surface area contributed by atoms with Crippen molar-refractivity contribution in [2.45, 2.75) is 26.5 Å². The monoisotopic (exact) mass is 406 g/mol. The van der Waals surface area contributed by atoms with Crippen molar-refractivity contribution in [1.82, 2.24) is 19.9 Å². The van der Waals surface area contributed by atoms with E-state index in [0.29, 0.717) is 30.2 Å². The third kappa shape index (κ3) is 3.52. The highest BCUT2D eigenvalue weighted by atomic mass is 19.1. The van der Waals surface area contributed by atoms with Gasteiger partial charge in [0.05, 0.1) is 6.54 Å². The second-order valence-electron chi connectivity index (χ2n) is 7.05. The number of hydrogen-bond donors (Lipinski definition) is 3. The van der Waals surface area contributed by atoms with Gasteiger partial charge in [-0.05, 0) is 38.1 Å². The Morgan fingerprint density at radius 3 is 2.97 bits per heavy atom. The molecule has 3 aromatic rings. The Hall–Kier alpha value is -3.68. The smallest absolute Gasteiger partial charge is 0.166 e. The first-order chi connectivity index (χ1) is 14.5. The summed E-state index contributed by atoms with van der Waals surface area (Å²) in [5.74, 6) is 0.961. The number of pyridine rings is 1. The molecule has 4 N–H and O–H groups in total. The number of halogens is 1. The number of nitrogen functional groups attached to an aromatic ring is 1. The van der Waals surface area contributed by atoms with Crippen molar-refractivity contribution < 1.29 is 9.13 Å². The highest BCUT2D eigenvalue weighted by Gasteiger charge is 2.22. The normalized spacial score (nSPS) is 18.3. The van der Waals surface area contributed by atoms with Crippen LogP contribution in [0.2, 0.25) is 0 Å². The van der Waals surface area contributed by atoms with Gasteiger partial charge in [0.15, 0.2) is 11.6 Å². The summed E-state index contributed by atoms with van der Waals surface area (Å²) in [4.78, 5) is 8.79. The molecule has 8 heteroatoms. The Kier molecular flexibility index (Phi) is 5.22. The number of imidazole rings is 1. The van der Waals surface area contributed by atoms with Gasteiger partial charge in [0.1, 0.15) is 17.7 Å². The van der Waals surface area contributed by atoms with Crippen LogP contribution >= 0.6 is 0 Å². The molecule has 4 rings (SSSR count). The maximum Gasteiger partial charge on any atom is 0.166 e. The first-order valence-electron chi connectivity index (χ1n) is 9.72. The van der Waals surface area contributed by atoms with Crippen LogP contribution in [0.3, 0.4) is 0 Å². The number of aromatic nitrogens is 3. The molecule has 1 aliphatic rings. The van der Waals surface area contributed by atoms with Gasteiger partial charge in [0.2, 0.25) is 0 Å². The Balaban J connectivity index is 2.00. The highest BCUT2D eigenvalue weighted by molar-refractivity contribution is 5.89. The van der Waals surface area contributed by atoms with Crippen LogP contribution in [0.1, 0.15) is 31.1 Å². The van der Waals surface area contributed by atoms with Crippen LogP contribution < -0.4 is 15.8 Å². The predicted octanol–water partition coefficient (Wildman–Crippen LogP) is 3.79. The Morgan fingerprint density at radius 1 is 1.37 bits per heavy atom. The number of rotatable bonds is 3. The largest absolute Gasteiger partial charge is 0.482 e. The maximum atomic E-state index is 14.1. The van der Waals surface area contributed by atoms with E-state index in [1.807, 2.05) is 24.6 Å². The van der Waals surface area contributed by atoms with Crippen molar-refractivity contribution in [3.8, 4) is 17.1 Å². The number of nitrogens with two attached hydrogens (primary N) is 1. The van der Waals surface area contributed by atoms with E-state index in [0.717, 1.165) is 22.4 Å². The Labute approximate surface area is 173 Å². The molecule has 154 valence electrons. The number of ether oxygens (including phenoxy) is 1. The van der Waals surface area contributed by atoms with E-state index in [2.05, 4.69) is 15.3 Å². The summed E-state index contributed by atoms with van der Waals surface area (Å²) in [5, 5.41) is 11.4. The van der Waals surface area contributed by atoms with Gasteiger partial charge in [-0.15, -0.1) is 0 Å². The van der Waals surface area contributed by atoms with Crippen LogP contribution in [0.5, 0.6) is 5.75 Å². The van der Waals surface area contributed by atoms with E-state index in [1.165, 1.54) is 18.3 Å². The SMILES string of the molecule is CCN/C1=C(\C=N)Cn2ccnc2-c2ccc(F)cc2C(C)Oc2cc1cnc2N. The molecular weight excluding hydrogens is 383 g/mol. The van der Waals surface area contributed by atoms with Crippen LogP contribution in [0, 0.1) is 11.2 Å². The molecule has 1 unspecified atom stereocenters. The first-order valence-corrected chi connectivity index (χ1v) is 9.72. The fourth-order valence-electron chi connectivity index (χ4n) is 3.65. The number of nitrogens with zero attached hydrogens (tertiary/aromatic N) is 3. The number of allylic oxidation sites excluding steroid dienone is 1. The molecule has 3 heterocycles. The summed E-state index contributed by atoms with van der Waals surface area (Å²) < 4.78 is 22.2. The molecule has 0 fully saturated rings. The van der Waals surface area contributed by atoms with Crippen molar-refractivity contribution in [1.29, 1.82) is 5.41 Å². The summed E-state index contributed by atoms with van der Waals surface area (Å²) in [6.07, 6.45) is 6.02. The van der Waals surface area contributed by atoms with Gasteiger partial charge in [-0.1, -0.05) is 0 Å². The minimum atomic E-state index is -0.492. The van der Waals surface area contributed by atoms with Gasteiger partial charge < -0.3 is 25.8 Å². The van der Waals surface area contributed by atoms with E-state index in [-0.39, 0.29) is 11.6 Å². The molecule has 0 radical (unpaired) electrons. The van der Waals surface area contributed by atoms with E-state index >= 15 is 0 Å². The van der Waals surface area contributed by atoms with Crippen LogP contribution in [0.15, 0.2) is 48.4 Å². The van der Waals surface area contributed by atoms with E-state index in [9.17, 15) is 4.39 Å². The lowest BCUT2D eigenvalue weighted by Gasteiger charge is -2.22. The minimum absolute atomic E-state index is 0.245. The minimum Gasteiger partial charge on any atom is -0.482 e. The molecule has 0 amide bonds. The molecule has 2 bridgehead atoms. The lowest BCUT2D eigenvalue weighted by atomic mass is 10.0. The first kappa shape index (κ1) is 19.6. The second-order valence-corrected chi connectivity index (χ2v) is 7.05. The average Bonchev–Trinajstić information content (AvgIpc) is 3.19. The van der Waals surface area contributed by atoms with E-state index in [1.54, 1.807) is 24.5 Å². The van der Waals surface area contributed by atoms with Gasteiger partial charge in [-0.25, -0.2) is 14.4 Å². The van der Waals surface area contributed by atoms with Crippen LogP contribution in [-0.4, -0.2) is 27.3 Å². The van der Waals surface area contributed by atoms with Crippen LogP contribution in [-0.2, 0) is 6.54 Å². The summed E-state index contributed by atoms with van der Waals surface area (Å²) in [6, 6.07) is 6.36. The molecular formula is C22H23FN6O. The molecule has 30 heavy (non-hydrogen) atoms. The van der Waals surface area contributed by atoms with Gasteiger partial charge in [-0.3, -0.25) is 0 Å². The van der Waals surface area contributed by atoms with Crippen molar-refractivity contribution in [2.24, 2.45) is 0 Å². The predicted molar refractivity (Wildman–Crippen MR) is 115 cm³/mol. The topological polar surface area (TPSA) is 102 Å². The Bertz CT molecular complexity index is 1140. The lowest BCUT2D eigenvalue weighted by molar-refractivity contribution is 0.227. The molecule has 1 atom stereocenters. The zero-order valence-electron chi connectivity index (χ0n) is 16.8. The fraction of sp³-hybridized carbons (Fsp3) is 0.227. The molecule has 0 aliphatic carbocycles. The van der Waals surface area contributed by atoms with Crippen molar-refractivity contribution in [3.05, 3.63) is 65.4 Å². The van der Waals surface area contributed by atoms with Gasteiger partial charge >= 0.3 is 0 Å². The zero-order chi connectivity index (χ0) is 21.3. The molecule has 2 aromatic heterocycles. The average molecular weight is 406 g/mol. The van der Waals surface area contributed by atoms with Gasteiger partial charge in [0.25, 0.3) is 0 Å². The maximum absolute atomic E-state index is 14.1. The zero-order valence-corrected chi connectivity index (χ0v) is 16.8. The molecule has 7 nitrogen and oxygen atoms in total. The number of fused-ring (bicyclic) bond motifs is 5. The molecule has 0 spiro atoms. The number of hydrogen-bond acceptors (Lipinski definition) is 6. The summed E-state index contributed by atoms with van der Waals surface area (Å²) >= 11 is 0. The number of anilines is 1. The van der Waals surface area contributed by atoms with Crippen molar-refractivity contribution in [2.75, 3.05) is 12.3 Å². The van der Waals surface area contributed by atoms with Crippen molar-refractivity contribution in [3.63, 3.8) is 0 Å². The van der Waals surface area contributed by atoms with Crippen LogP contribution in [0.4, 0.5) is 10.2 Å². The third-order valence-electron chi connectivity index (χ3n) is 5.07. The molecule has 1 aliphatic heterocycles. The standard InChI is InChI=1S/C22H23FN6O/c1-3-26-20-14-8-19(21(25)28-11-14)30-13(2)18-9-16(23)4-5-17(18)22-27-6-7-29(22)12-15(20)10-24/h4-11,13,24,26H,3,12H2,1-2H3,(H2,25,28)/b20-15+,24-10?. The molecule has 0 saturated carbocycles. The van der Waals surface area contributed by atoms with Crippen LogP contribution in [0.25, 0.3) is 17.1 Å². The second kappa shape index (κ2) is 7.98. The summed E-state index contributed by atoms with van der Waals surface area (Å²) in [5.41, 5.74) is 9.75. The quantitative estimate of drug-likeness (QED) is 0.575. The fourth-order valence-corrected chi connectivity index (χ4v) is 3.65. The van der Waals surface area contributed by atoms with E-state index < -0.39 is 6.10 Å².